The molecule has 2 unspecified atom stereocenters. The number of ether oxygens (including phenoxy) is 1. The standard InChI is InChI=1S/C43H64N2O6/c1-26(2)35-29(46)22-43(32(47)25-45-24-27-14-20-44-21-15-27)19-18-41(8)28(36(35)43)10-11-31-40(7)16-13-33(51-34(48)23-38(3,4)37(49)50)39(5,6)30(40)12-17-42(31,41)9/h14-15,20-21,26,28,30-33,45,47H,10-13,16-19,22-25H2,1-9H3,(H,49,50)/t28-,30+,31-,32?,33+,40+,41-,42-,43?/m1/s1. The second-order valence-corrected chi connectivity index (χ2v) is 19.6. The molecule has 5 aliphatic rings. The van der Waals surface area contributed by atoms with Gasteiger partial charge in [-0.25, -0.2) is 0 Å². The fourth-order valence-electron chi connectivity index (χ4n) is 13.0. The molecule has 0 aliphatic heterocycles. The number of aliphatic carboxylic acids is 1. The van der Waals surface area contributed by atoms with Crippen molar-refractivity contribution in [2.75, 3.05) is 6.54 Å². The number of hydrogen-bond donors (Lipinski definition) is 3. The summed E-state index contributed by atoms with van der Waals surface area (Å²) in [5.74, 6) is 0.0705. The Labute approximate surface area is 306 Å². The Kier molecular flexibility index (Phi) is 9.78. The van der Waals surface area contributed by atoms with Crippen LogP contribution >= 0.6 is 0 Å². The van der Waals surface area contributed by atoms with Crippen molar-refractivity contribution in [3.63, 3.8) is 0 Å². The lowest BCUT2D eigenvalue weighted by molar-refractivity contribution is -0.235. The molecule has 0 spiro atoms. The number of nitrogens with one attached hydrogen (secondary N) is 1. The first-order valence-corrected chi connectivity index (χ1v) is 19.7. The minimum atomic E-state index is -1.16. The van der Waals surface area contributed by atoms with Crippen LogP contribution in [0.25, 0.3) is 0 Å². The van der Waals surface area contributed by atoms with E-state index in [1.807, 2.05) is 12.1 Å². The highest BCUT2D eigenvalue weighted by atomic mass is 16.5. The third kappa shape index (κ3) is 5.93. The zero-order valence-corrected chi connectivity index (χ0v) is 32.7. The number of carboxylic acid groups (broad SMARTS) is 1. The number of carbonyl (C=O) groups is 3. The summed E-state index contributed by atoms with van der Waals surface area (Å²) in [4.78, 5) is 42.9. The number of fused-ring (bicyclic) bond motifs is 7. The van der Waals surface area contributed by atoms with Gasteiger partial charge in [-0.15, -0.1) is 0 Å². The number of aromatic nitrogens is 1. The minimum absolute atomic E-state index is 0.00640. The lowest BCUT2D eigenvalue weighted by Crippen LogP contribution is -2.66. The number of Topliss-reactive ketones (excluding diaryl/α,β-unsaturated/α-hetero) is 1. The topological polar surface area (TPSA) is 126 Å². The zero-order chi connectivity index (χ0) is 37.4. The Morgan fingerprint density at radius 3 is 2.29 bits per heavy atom. The molecule has 1 aromatic heterocycles. The number of allylic oxidation sites excluding steroid dienone is 1. The summed E-state index contributed by atoms with van der Waals surface area (Å²) in [5.41, 5.74) is 1.61. The first-order valence-electron chi connectivity index (χ1n) is 19.7. The minimum Gasteiger partial charge on any atom is -0.481 e. The fourth-order valence-corrected chi connectivity index (χ4v) is 13.0. The van der Waals surface area contributed by atoms with Crippen LogP contribution < -0.4 is 5.32 Å². The summed E-state index contributed by atoms with van der Waals surface area (Å²) >= 11 is 0. The van der Waals surface area contributed by atoms with Gasteiger partial charge in [-0.2, -0.15) is 0 Å². The van der Waals surface area contributed by atoms with Crippen molar-refractivity contribution in [3.8, 4) is 0 Å². The molecule has 0 bridgehead atoms. The van der Waals surface area contributed by atoms with Gasteiger partial charge in [0.1, 0.15) is 6.10 Å². The van der Waals surface area contributed by atoms with E-state index in [0.717, 1.165) is 62.5 Å². The number of pyridine rings is 1. The van der Waals surface area contributed by atoms with E-state index in [1.54, 1.807) is 26.2 Å². The molecule has 282 valence electrons. The van der Waals surface area contributed by atoms with Crippen LogP contribution in [0, 0.1) is 56.2 Å². The Morgan fingerprint density at radius 1 is 0.961 bits per heavy atom. The maximum absolute atomic E-state index is 14.0. The van der Waals surface area contributed by atoms with Gasteiger partial charge in [-0.1, -0.05) is 54.0 Å². The van der Waals surface area contributed by atoms with Crippen molar-refractivity contribution in [1.82, 2.24) is 10.3 Å². The molecule has 9 atom stereocenters. The quantitative estimate of drug-likeness (QED) is 0.210. The summed E-state index contributed by atoms with van der Waals surface area (Å²) in [6.45, 7) is 20.7. The van der Waals surface area contributed by atoms with Crippen molar-refractivity contribution in [1.29, 1.82) is 0 Å². The maximum Gasteiger partial charge on any atom is 0.309 e. The average molecular weight is 705 g/mol. The lowest BCUT2D eigenvalue weighted by Gasteiger charge is -2.72. The molecule has 1 aromatic rings. The number of carbonyl (C=O) groups excluding carboxylic acids is 2. The molecule has 3 N–H and O–H groups in total. The van der Waals surface area contributed by atoms with Crippen molar-refractivity contribution < 1.29 is 29.3 Å². The number of rotatable bonds is 10. The van der Waals surface area contributed by atoms with Crippen LogP contribution in [-0.2, 0) is 25.7 Å². The summed E-state index contributed by atoms with van der Waals surface area (Å²) in [6.07, 6.45) is 10.8. The van der Waals surface area contributed by atoms with Crippen LogP contribution in [0.15, 0.2) is 35.7 Å². The average Bonchev–Trinajstić information content (AvgIpc) is 3.36. The second kappa shape index (κ2) is 13.1. The molecular weight excluding hydrogens is 640 g/mol. The largest absolute Gasteiger partial charge is 0.481 e. The van der Waals surface area contributed by atoms with Crippen molar-refractivity contribution >= 4 is 17.7 Å². The van der Waals surface area contributed by atoms with Crippen molar-refractivity contribution in [2.45, 2.75) is 145 Å². The van der Waals surface area contributed by atoms with Crippen LogP contribution in [0.4, 0.5) is 0 Å². The number of hydrogen-bond acceptors (Lipinski definition) is 7. The van der Waals surface area contributed by atoms with Gasteiger partial charge >= 0.3 is 11.9 Å². The van der Waals surface area contributed by atoms with Gasteiger partial charge in [0.05, 0.1) is 17.9 Å². The van der Waals surface area contributed by atoms with E-state index in [0.29, 0.717) is 31.3 Å². The Morgan fingerprint density at radius 2 is 1.65 bits per heavy atom. The third-order valence-corrected chi connectivity index (χ3v) is 15.9. The first kappa shape index (κ1) is 38.2. The number of esters is 1. The van der Waals surface area contributed by atoms with Gasteiger partial charge in [0, 0.05) is 42.7 Å². The Hall–Kier alpha value is -2.58. The van der Waals surface area contributed by atoms with E-state index in [1.165, 1.54) is 5.57 Å². The number of aliphatic hydroxyl groups excluding tert-OH is 1. The monoisotopic (exact) mass is 704 g/mol. The second-order valence-electron chi connectivity index (χ2n) is 19.6. The summed E-state index contributed by atoms with van der Waals surface area (Å²) < 4.78 is 6.16. The summed E-state index contributed by atoms with van der Waals surface area (Å²) in [7, 11) is 0. The molecule has 4 fully saturated rings. The molecule has 51 heavy (non-hydrogen) atoms. The molecule has 8 nitrogen and oxygen atoms in total. The lowest BCUT2D eigenvalue weighted by atomic mass is 9.33. The van der Waals surface area contributed by atoms with Gasteiger partial charge in [-0.05, 0) is 128 Å². The predicted octanol–water partition coefficient (Wildman–Crippen LogP) is 7.93. The molecule has 6 rings (SSSR count). The van der Waals surface area contributed by atoms with Crippen molar-refractivity contribution in [3.05, 3.63) is 41.2 Å². The van der Waals surface area contributed by atoms with Crippen LogP contribution in [0.3, 0.4) is 0 Å². The van der Waals surface area contributed by atoms with Crippen LogP contribution in [0.1, 0.15) is 132 Å². The molecule has 0 aromatic carbocycles. The van der Waals surface area contributed by atoms with Gasteiger partial charge in [0.15, 0.2) is 5.78 Å². The number of carboxylic acids is 1. The van der Waals surface area contributed by atoms with Gasteiger partial charge in [-0.3, -0.25) is 19.4 Å². The van der Waals surface area contributed by atoms with Gasteiger partial charge in [0.25, 0.3) is 0 Å². The summed E-state index contributed by atoms with van der Waals surface area (Å²) in [5, 5.41) is 25.2. The third-order valence-electron chi connectivity index (χ3n) is 15.9. The van der Waals surface area contributed by atoms with E-state index in [4.69, 9.17) is 4.74 Å². The Bertz CT molecular complexity index is 1570. The zero-order valence-electron chi connectivity index (χ0n) is 32.7. The van der Waals surface area contributed by atoms with E-state index < -0.39 is 28.9 Å². The van der Waals surface area contributed by atoms with Gasteiger partial charge < -0.3 is 20.3 Å². The van der Waals surface area contributed by atoms with Crippen LogP contribution in [0.5, 0.6) is 0 Å². The van der Waals surface area contributed by atoms with E-state index in [9.17, 15) is 24.6 Å². The molecule has 0 saturated heterocycles. The van der Waals surface area contributed by atoms with E-state index in [-0.39, 0.29) is 51.8 Å². The SMILES string of the molecule is CC(C)C1=C2[C@H]3CC[C@@H]4[C@@]5(C)CC[C@H](OC(=O)CC(C)(C)C(=O)O)C(C)(C)[C@@H]5CC[C@@]4(C)[C@]3(C)CCC2(C(O)CNCc2ccncc2)CC1=O. The number of nitrogens with zero attached hydrogens (tertiary/aromatic N) is 1. The Balaban J connectivity index is 1.26. The van der Waals surface area contributed by atoms with Crippen molar-refractivity contribution in [2.24, 2.45) is 56.2 Å². The van der Waals surface area contributed by atoms with Crippen LogP contribution in [0.2, 0.25) is 0 Å². The van der Waals surface area contributed by atoms with Gasteiger partial charge in [0.2, 0.25) is 0 Å². The molecule has 8 heteroatoms. The highest BCUT2D eigenvalue weighted by molar-refractivity contribution is 6.00. The highest BCUT2D eigenvalue weighted by Crippen LogP contribution is 2.77. The van der Waals surface area contributed by atoms with Crippen LogP contribution in [-0.4, -0.2) is 51.7 Å². The summed E-state index contributed by atoms with van der Waals surface area (Å²) in [6, 6.07) is 3.98. The van der Waals surface area contributed by atoms with E-state index >= 15 is 0 Å². The number of aliphatic hydroxyl groups is 1. The molecule has 5 aliphatic carbocycles. The van der Waals surface area contributed by atoms with E-state index in [2.05, 4.69) is 58.8 Å². The normalized spacial score (nSPS) is 38.0. The molecule has 1 heterocycles. The smallest absolute Gasteiger partial charge is 0.309 e. The maximum atomic E-state index is 14.0. The number of ketones is 1. The highest BCUT2D eigenvalue weighted by Gasteiger charge is 2.70. The predicted molar refractivity (Wildman–Crippen MR) is 197 cm³/mol. The molecule has 4 saturated carbocycles. The molecule has 0 radical (unpaired) electrons. The first-order chi connectivity index (χ1) is 23.7. The fraction of sp³-hybridized carbons (Fsp3) is 0.767. The molecular formula is C43H64N2O6. The molecule has 0 amide bonds.